The van der Waals surface area contributed by atoms with Crippen molar-refractivity contribution in [3.8, 4) is 0 Å². The Hall–Kier alpha value is -6.80. The van der Waals surface area contributed by atoms with Gasteiger partial charge in [0.05, 0.1) is 34.2 Å². The van der Waals surface area contributed by atoms with Crippen LogP contribution >= 0.6 is 0 Å². The zero-order valence-corrected chi connectivity index (χ0v) is 37.8. The fourth-order valence-electron chi connectivity index (χ4n) is 10.3. The van der Waals surface area contributed by atoms with E-state index in [2.05, 4.69) is 9.97 Å². The van der Waals surface area contributed by atoms with Crippen LogP contribution in [-0.2, 0) is 66.6 Å². The van der Waals surface area contributed by atoms with Crippen molar-refractivity contribution in [3.63, 3.8) is 0 Å². The number of esters is 8. The van der Waals surface area contributed by atoms with E-state index in [4.69, 9.17) is 42.6 Å². The molecule has 20 nitrogen and oxygen atoms in total. The maximum atomic E-state index is 14.8. The number of ether oxygens (including phenoxy) is 9. The first-order valence-electron chi connectivity index (χ1n) is 21.4. The number of hydrogen-bond donors (Lipinski definition) is 1. The lowest BCUT2D eigenvalue weighted by Crippen LogP contribution is -2.89. The first kappa shape index (κ1) is 48.1. The molecule has 3 fully saturated rings. The van der Waals surface area contributed by atoms with Gasteiger partial charge in [-0.1, -0.05) is 32.0 Å². The lowest BCUT2D eigenvalue weighted by atomic mass is 9.45. The summed E-state index contributed by atoms with van der Waals surface area (Å²) in [5, 5.41) is 13.9. The Morgan fingerprint density at radius 2 is 1.33 bits per heavy atom. The number of cyclic esters (lactones) is 1. The van der Waals surface area contributed by atoms with Crippen molar-refractivity contribution < 1.29 is 86.1 Å². The number of pyridine rings is 2. The summed E-state index contributed by atoms with van der Waals surface area (Å²) in [5.74, 6) is -12.2. The third-order valence-electron chi connectivity index (χ3n) is 13.2. The molecule has 356 valence electrons. The second-order valence-electron chi connectivity index (χ2n) is 17.5. The minimum absolute atomic E-state index is 0.0424. The van der Waals surface area contributed by atoms with E-state index in [1.807, 2.05) is 0 Å². The average Bonchev–Trinajstić information content (AvgIpc) is 3.51. The lowest BCUT2D eigenvalue weighted by Gasteiger charge is -2.67. The molecular weight excluding hydrogens is 881 g/mol. The standard InChI is InChI=1S/C47H50N2O18/c1-23-24(2)40(54)66-37-35(64-42(56)30-16-12-18-48-20-30)39(63-28(6)53)46(22-59-25(3)50)38(62-27(5)52)34(61-26(4)51)32-36(65-41(55)29-14-10-9-11-15-29)47(46,45(37,8)58)67-44(32,7)21-60-43(57)31-17-13-19-49-33(23)31/h9-20,23-24,32,34-39,58H,21-22H2,1-8H3/t23?,24?,32?,34-,35+,36-,37+,38-,39+,44+,45+,46-,47+/m1/s1. The normalized spacial score (nSPS) is 34.1. The first-order chi connectivity index (χ1) is 31.6. The van der Waals surface area contributed by atoms with Crippen LogP contribution in [0.5, 0.6) is 0 Å². The van der Waals surface area contributed by atoms with Gasteiger partial charge in [0.1, 0.15) is 42.0 Å². The molecule has 3 unspecified atom stereocenters. The molecule has 2 saturated carbocycles. The number of rotatable bonds is 9. The minimum Gasteiger partial charge on any atom is -0.465 e. The molecule has 1 spiro atoms. The number of hydrogen-bond acceptors (Lipinski definition) is 20. The summed E-state index contributed by atoms with van der Waals surface area (Å²) in [6, 6.07) is 13.2. The second kappa shape index (κ2) is 18.1. The zero-order valence-electron chi connectivity index (χ0n) is 37.8. The van der Waals surface area contributed by atoms with Gasteiger partial charge in [0.2, 0.25) is 0 Å². The number of fused-ring (bicyclic) bond motifs is 5. The molecule has 3 aromatic rings. The Morgan fingerprint density at radius 1 is 0.716 bits per heavy atom. The summed E-state index contributed by atoms with van der Waals surface area (Å²) in [4.78, 5) is 120. The first-order valence-corrected chi connectivity index (χ1v) is 21.4. The topological polar surface area (TPSA) is 266 Å². The number of carbonyl (C=O) groups excluding carboxylic acids is 8. The Morgan fingerprint density at radius 3 is 1.94 bits per heavy atom. The molecule has 1 saturated heterocycles. The highest BCUT2D eigenvalue weighted by Crippen LogP contribution is 2.70. The smallest absolute Gasteiger partial charge is 0.340 e. The maximum absolute atomic E-state index is 14.8. The Bertz CT molecular complexity index is 2460. The van der Waals surface area contributed by atoms with Crippen LogP contribution in [0, 0.1) is 17.3 Å². The zero-order chi connectivity index (χ0) is 48.8. The molecule has 4 bridgehead atoms. The third kappa shape index (κ3) is 8.15. The fraction of sp³-hybridized carbons (Fsp3) is 0.489. The van der Waals surface area contributed by atoms with Gasteiger partial charge in [-0.15, -0.1) is 0 Å². The van der Waals surface area contributed by atoms with Gasteiger partial charge in [-0.3, -0.25) is 33.9 Å². The van der Waals surface area contributed by atoms with E-state index in [1.165, 1.54) is 74.8 Å². The van der Waals surface area contributed by atoms with Crippen molar-refractivity contribution >= 4 is 47.8 Å². The molecule has 7 rings (SSSR count). The summed E-state index contributed by atoms with van der Waals surface area (Å²) in [5.41, 5.74) is -10.8. The minimum atomic E-state index is -2.94. The molecule has 2 aromatic heterocycles. The molecule has 4 heterocycles. The summed E-state index contributed by atoms with van der Waals surface area (Å²) in [6.07, 6.45) is -8.69. The highest BCUT2D eigenvalue weighted by Gasteiger charge is 2.92. The van der Waals surface area contributed by atoms with Crippen LogP contribution in [0.15, 0.2) is 73.2 Å². The van der Waals surface area contributed by atoms with Crippen LogP contribution < -0.4 is 0 Å². The van der Waals surface area contributed by atoms with Crippen LogP contribution in [0.25, 0.3) is 0 Å². The van der Waals surface area contributed by atoms with E-state index in [0.717, 1.165) is 40.8 Å². The SMILES string of the molecule is CC(=O)OC[C@]12[C@H](OC(C)=O)[C@H](OC(C)=O)C3[C@@H](OC(=O)c4ccccc4)[C@@]14O[C@@]3(C)COC(=O)c1cccnc1C(C)C(C)C(=O)O[C@@H]([C@H](OC(=O)c1cccnc1)[C@@H]2OC(C)=O)[C@]4(C)O. The molecule has 2 aliphatic carbocycles. The van der Waals surface area contributed by atoms with Gasteiger partial charge in [0.25, 0.3) is 0 Å². The van der Waals surface area contributed by atoms with Crippen molar-refractivity contribution in [1.82, 2.24) is 9.97 Å². The molecule has 67 heavy (non-hydrogen) atoms. The molecule has 13 atom stereocenters. The highest BCUT2D eigenvalue weighted by atomic mass is 16.7. The molecule has 1 aromatic carbocycles. The predicted molar refractivity (Wildman–Crippen MR) is 223 cm³/mol. The van der Waals surface area contributed by atoms with Crippen LogP contribution in [0.4, 0.5) is 0 Å². The largest absolute Gasteiger partial charge is 0.465 e. The summed E-state index contributed by atoms with van der Waals surface area (Å²) < 4.78 is 56.4. The Labute approximate surface area is 383 Å². The summed E-state index contributed by atoms with van der Waals surface area (Å²) in [7, 11) is 0. The molecule has 2 aliphatic heterocycles. The van der Waals surface area contributed by atoms with Gasteiger partial charge in [-0.05, 0) is 50.2 Å². The molecule has 0 radical (unpaired) electrons. The van der Waals surface area contributed by atoms with Gasteiger partial charge in [0, 0.05) is 52.2 Å². The van der Waals surface area contributed by atoms with Crippen LogP contribution in [0.2, 0.25) is 0 Å². The van der Waals surface area contributed by atoms with E-state index in [-0.39, 0.29) is 22.4 Å². The Kier molecular flexibility index (Phi) is 13.0. The highest BCUT2D eigenvalue weighted by molar-refractivity contribution is 5.92. The van der Waals surface area contributed by atoms with E-state index in [0.29, 0.717) is 0 Å². The number of nitrogens with zero attached hydrogens (tertiary/aromatic N) is 2. The van der Waals surface area contributed by atoms with Gasteiger partial charge in [-0.2, -0.15) is 0 Å². The van der Waals surface area contributed by atoms with Crippen molar-refractivity contribution in [1.29, 1.82) is 0 Å². The van der Waals surface area contributed by atoms with Crippen molar-refractivity contribution in [2.24, 2.45) is 17.3 Å². The molecule has 1 N–H and O–H groups in total. The quantitative estimate of drug-likeness (QED) is 0.239. The molecule has 4 aliphatic rings. The average molecular weight is 931 g/mol. The lowest BCUT2D eigenvalue weighted by molar-refractivity contribution is -0.385. The Balaban J connectivity index is 1.64. The fourth-order valence-corrected chi connectivity index (χ4v) is 10.3. The van der Waals surface area contributed by atoms with Gasteiger partial charge in [0.15, 0.2) is 30.0 Å². The van der Waals surface area contributed by atoms with E-state index in [9.17, 15) is 43.5 Å². The van der Waals surface area contributed by atoms with E-state index < -0.39 is 138 Å². The van der Waals surface area contributed by atoms with Crippen molar-refractivity contribution in [2.75, 3.05) is 13.2 Å². The van der Waals surface area contributed by atoms with Gasteiger partial charge in [-0.25, -0.2) is 14.4 Å². The van der Waals surface area contributed by atoms with Crippen LogP contribution in [0.1, 0.15) is 98.1 Å². The van der Waals surface area contributed by atoms with Crippen LogP contribution in [0.3, 0.4) is 0 Å². The van der Waals surface area contributed by atoms with Gasteiger partial charge >= 0.3 is 47.8 Å². The van der Waals surface area contributed by atoms with Crippen molar-refractivity contribution in [2.45, 2.75) is 115 Å². The summed E-state index contributed by atoms with van der Waals surface area (Å²) >= 11 is 0. The molecule has 20 heteroatoms. The maximum Gasteiger partial charge on any atom is 0.340 e. The monoisotopic (exact) mass is 930 g/mol. The number of benzene rings is 1. The number of aliphatic hydroxyl groups is 1. The number of aromatic nitrogens is 2. The predicted octanol–water partition coefficient (Wildman–Crippen LogP) is 3.02. The van der Waals surface area contributed by atoms with Crippen LogP contribution in [-0.4, -0.2) is 129 Å². The van der Waals surface area contributed by atoms with Gasteiger partial charge < -0.3 is 47.7 Å². The number of carbonyl (C=O) groups is 8. The summed E-state index contributed by atoms with van der Waals surface area (Å²) in [6.45, 7) is 7.58. The molecular formula is C47H50N2O18. The molecule has 0 amide bonds. The van der Waals surface area contributed by atoms with E-state index in [1.54, 1.807) is 13.0 Å². The second-order valence-corrected chi connectivity index (χ2v) is 17.5. The van der Waals surface area contributed by atoms with Crippen molar-refractivity contribution in [3.05, 3.63) is 95.6 Å². The third-order valence-corrected chi connectivity index (χ3v) is 13.2. The van der Waals surface area contributed by atoms with E-state index >= 15 is 0 Å².